The quantitative estimate of drug-likeness (QED) is 0.883. The molecule has 0 fully saturated rings. The van der Waals surface area contributed by atoms with Crippen LogP contribution in [0.2, 0.25) is 0 Å². The second kappa shape index (κ2) is 6.69. The topological polar surface area (TPSA) is 71.3 Å². The van der Waals surface area contributed by atoms with Crippen molar-refractivity contribution in [1.29, 1.82) is 0 Å². The van der Waals surface area contributed by atoms with Crippen LogP contribution < -0.4 is 10.6 Å². The summed E-state index contributed by atoms with van der Waals surface area (Å²) in [6.45, 7) is 1.48. The number of carbonyl (C=O) groups excluding carboxylic acids is 2. The molecule has 0 saturated carbocycles. The van der Waals surface area contributed by atoms with Crippen molar-refractivity contribution in [2.45, 2.75) is 19.5 Å². The van der Waals surface area contributed by atoms with Gasteiger partial charge in [-0.15, -0.1) is 0 Å². The van der Waals surface area contributed by atoms with Crippen molar-refractivity contribution in [3.05, 3.63) is 59.8 Å². The molecule has 2 amide bonds. The number of furan rings is 1. The van der Waals surface area contributed by atoms with E-state index in [0.717, 1.165) is 0 Å². The molecular weight excluding hydrogens is 275 g/mol. The summed E-state index contributed by atoms with van der Waals surface area (Å²) in [6, 6.07) is 8.24. The maximum absolute atomic E-state index is 13.1. The van der Waals surface area contributed by atoms with Crippen molar-refractivity contribution in [1.82, 2.24) is 10.6 Å². The number of nitrogens with one attached hydrogen (secondary N) is 2. The monoisotopic (exact) mass is 290 g/mol. The molecule has 1 heterocycles. The Morgan fingerprint density at radius 1 is 1.29 bits per heavy atom. The SMILES string of the molecule is CC(=O)N[C@@H](C(=O)NCc1cccc(F)c1)c1ccco1. The van der Waals surface area contributed by atoms with Gasteiger partial charge in [-0.1, -0.05) is 12.1 Å². The maximum Gasteiger partial charge on any atom is 0.250 e. The Labute approximate surface area is 121 Å². The van der Waals surface area contributed by atoms with Gasteiger partial charge in [0.1, 0.15) is 11.6 Å². The minimum absolute atomic E-state index is 0.160. The smallest absolute Gasteiger partial charge is 0.250 e. The molecule has 2 N–H and O–H groups in total. The Balaban J connectivity index is 2.03. The van der Waals surface area contributed by atoms with Gasteiger partial charge in [-0.2, -0.15) is 0 Å². The first-order valence-corrected chi connectivity index (χ1v) is 6.39. The van der Waals surface area contributed by atoms with Crippen molar-refractivity contribution >= 4 is 11.8 Å². The summed E-state index contributed by atoms with van der Waals surface area (Å²) in [6.07, 6.45) is 1.42. The fraction of sp³-hybridized carbons (Fsp3) is 0.200. The summed E-state index contributed by atoms with van der Waals surface area (Å²) >= 11 is 0. The number of carbonyl (C=O) groups is 2. The molecule has 0 saturated heterocycles. The van der Waals surface area contributed by atoms with E-state index in [4.69, 9.17) is 4.42 Å². The molecule has 1 atom stereocenters. The van der Waals surface area contributed by atoms with Crippen LogP contribution in [0.15, 0.2) is 47.1 Å². The lowest BCUT2D eigenvalue weighted by Gasteiger charge is -2.15. The summed E-state index contributed by atoms with van der Waals surface area (Å²) in [5.41, 5.74) is 0.629. The molecule has 2 rings (SSSR count). The molecule has 21 heavy (non-hydrogen) atoms. The van der Waals surface area contributed by atoms with Crippen molar-refractivity contribution in [3.8, 4) is 0 Å². The summed E-state index contributed by atoms with van der Waals surface area (Å²) < 4.78 is 18.2. The Morgan fingerprint density at radius 3 is 2.71 bits per heavy atom. The molecule has 2 aromatic rings. The zero-order valence-corrected chi connectivity index (χ0v) is 11.4. The molecule has 0 unspecified atom stereocenters. The van der Waals surface area contributed by atoms with E-state index in [2.05, 4.69) is 10.6 Å². The van der Waals surface area contributed by atoms with Crippen LogP contribution in [0.3, 0.4) is 0 Å². The van der Waals surface area contributed by atoms with Crippen LogP contribution in [-0.2, 0) is 16.1 Å². The highest BCUT2D eigenvalue weighted by Crippen LogP contribution is 2.14. The summed E-state index contributed by atoms with van der Waals surface area (Å²) in [5.74, 6) is -0.810. The van der Waals surface area contributed by atoms with Crippen molar-refractivity contribution in [3.63, 3.8) is 0 Å². The first-order valence-electron chi connectivity index (χ1n) is 6.39. The molecule has 0 bridgehead atoms. The molecule has 6 heteroatoms. The normalized spacial score (nSPS) is 11.7. The van der Waals surface area contributed by atoms with Crippen LogP contribution in [0.5, 0.6) is 0 Å². The van der Waals surface area contributed by atoms with Gasteiger partial charge >= 0.3 is 0 Å². The molecule has 1 aromatic heterocycles. The highest BCUT2D eigenvalue weighted by atomic mass is 19.1. The molecule has 1 aromatic carbocycles. The highest BCUT2D eigenvalue weighted by molar-refractivity contribution is 5.87. The average Bonchev–Trinajstić information content (AvgIpc) is 2.96. The third kappa shape index (κ3) is 4.17. The van der Waals surface area contributed by atoms with Crippen molar-refractivity contribution < 1.29 is 18.4 Å². The molecule has 0 radical (unpaired) electrons. The zero-order valence-electron chi connectivity index (χ0n) is 11.4. The fourth-order valence-electron chi connectivity index (χ4n) is 1.86. The summed E-state index contributed by atoms with van der Waals surface area (Å²) in [5, 5.41) is 5.15. The molecule has 110 valence electrons. The number of benzene rings is 1. The summed E-state index contributed by atoms with van der Waals surface area (Å²) in [7, 11) is 0. The van der Waals surface area contributed by atoms with Crippen molar-refractivity contribution in [2.24, 2.45) is 0 Å². The second-order valence-corrected chi connectivity index (χ2v) is 4.50. The number of hydrogen-bond acceptors (Lipinski definition) is 3. The number of rotatable bonds is 5. The molecule has 5 nitrogen and oxygen atoms in total. The molecule has 0 spiro atoms. The minimum atomic E-state index is -0.911. The lowest BCUT2D eigenvalue weighted by atomic mass is 10.2. The van der Waals surface area contributed by atoms with Crippen LogP contribution >= 0.6 is 0 Å². The molecular formula is C15H15FN2O3. The number of amides is 2. The van der Waals surface area contributed by atoms with Crippen LogP contribution in [0, 0.1) is 5.82 Å². The van der Waals surface area contributed by atoms with E-state index in [0.29, 0.717) is 11.3 Å². The Hall–Kier alpha value is -2.63. The van der Waals surface area contributed by atoms with E-state index in [1.807, 2.05) is 0 Å². The highest BCUT2D eigenvalue weighted by Gasteiger charge is 2.23. The van der Waals surface area contributed by atoms with Gasteiger partial charge < -0.3 is 15.1 Å². The Morgan fingerprint density at radius 2 is 2.10 bits per heavy atom. The summed E-state index contributed by atoms with van der Waals surface area (Å²) in [4.78, 5) is 23.3. The van der Waals surface area contributed by atoms with Gasteiger partial charge in [0.25, 0.3) is 5.91 Å². The van der Waals surface area contributed by atoms with Crippen LogP contribution in [0.4, 0.5) is 4.39 Å². The standard InChI is InChI=1S/C15H15FN2O3/c1-10(19)18-14(13-6-3-7-21-13)15(20)17-9-11-4-2-5-12(16)8-11/h2-8,14H,9H2,1H3,(H,17,20)(H,18,19)/t14-/m1/s1. The molecule has 0 aliphatic carbocycles. The van der Waals surface area contributed by atoms with Crippen LogP contribution in [0.25, 0.3) is 0 Å². The lowest BCUT2D eigenvalue weighted by Crippen LogP contribution is -2.39. The van der Waals surface area contributed by atoms with Gasteiger partial charge in [-0.25, -0.2) is 4.39 Å². The third-order valence-electron chi connectivity index (χ3n) is 2.79. The van der Waals surface area contributed by atoms with E-state index in [9.17, 15) is 14.0 Å². The van der Waals surface area contributed by atoms with E-state index in [-0.39, 0.29) is 18.3 Å². The largest absolute Gasteiger partial charge is 0.467 e. The predicted octanol–water partition coefficient (Wildman–Crippen LogP) is 1.91. The van der Waals surface area contributed by atoms with Gasteiger partial charge in [0.15, 0.2) is 6.04 Å². The number of halogens is 1. The van der Waals surface area contributed by atoms with Crippen molar-refractivity contribution in [2.75, 3.05) is 0 Å². The fourth-order valence-corrected chi connectivity index (χ4v) is 1.86. The predicted molar refractivity (Wildman–Crippen MR) is 73.5 cm³/mol. The van der Waals surface area contributed by atoms with Crippen LogP contribution in [0.1, 0.15) is 24.3 Å². The first kappa shape index (κ1) is 14.8. The zero-order chi connectivity index (χ0) is 15.2. The maximum atomic E-state index is 13.1. The Kier molecular flexibility index (Phi) is 4.71. The van der Waals surface area contributed by atoms with E-state index in [1.54, 1.807) is 24.3 Å². The van der Waals surface area contributed by atoms with Gasteiger partial charge in [0.05, 0.1) is 6.26 Å². The van der Waals surface area contributed by atoms with E-state index in [1.165, 1.54) is 25.3 Å². The minimum Gasteiger partial charge on any atom is -0.467 e. The van der Waals surface area contributed by atoms with E-state index >= 15 is 0 Å². The average molecular weight is 290 g/mol. The number of hydrogen-bond donors (Lipinski definition) is 2. The van der Waals surface area contributed by atoms with Gasteiger partial charge in [0.2, 0.25) is 5.91 Å². The van der Waals surface area contributed by atoms with Gasteiger partial charge in [-0.05, 0) is 29.8 Å². The van der Waals surface area contributed by atoms with Gasteiger partial charge in [0, 0.05) is 13.5 Å². The third-order valence-corrected chi connectivity index (χ3v) is 2.79. The first-order chi connectivity index (χ1) is 10.1. The second-order valence-electron chi connectivity index (χ2n) is 4.50. The van der Waals surface area contributed by atoms with Gasteiger partial charge in [-0.3, -0.25) is 9.59 Å². The van der Waals surface area contributed by atoms with Crippen LogP contribution in [-0.4, -0.2) is 11.8 Å². The molecule has 0 aliphatic heterocycles. The molecule has 0 aliphatic rings. The van der Waals surface area contributed by atoms with E-state index < -0.39 is 11.9 Å². The Bertz CT molecular complexity index is 626. The lowest BCUT2D eigenvalue weighted by molar-refractivity contribution is -0.128.